The van der Waals surface area contributed by atoms with Gasteiger partial charge in [-0.1, -0.05) is 0 Å². The minimum Gasteiger partial charge on any atom is -0.387 e. The van der Waals surface area contributed by atoms with Crippen molar-refractivity contribution in [1.29, 1.82) is 0 Å². The van der Waals surface area contributed by atoms with E-state index in [1.807, 2.05) is 0 Å². The number of rotatable bonds is 5. The molecule has 2 aliphatic rings. The Morgan fingerprint density at radius 3 is 3.00 bits per heavy atom. The monoisotopic (exact) mass is 375 g/mol. The summed E-state index contributed by atoms with van der Waals surface area (Å²) in [5.41, 5.74) is -0.640. The summed E-state index contributed by atoms with van der Waals surface area (Å²) in [5.74, 6) is -0.00652. The number of aromatic nitrogens is 2. The number of phosphoric acid groups is 1. The second kappa shape index (κ2) is 6.94. The van der Waals surface area contributed by atoms with Gasteiger partial charge in [0.25, 0.3) is 0 Å². The fourth-order valence-corrected chi connectivity index (χ4v) is 3.91. The molecule has 2 saturated heterocycles. The summed E-state index contributed by atoms with van der Waals surface area (Å²) in [6.45, 7) is 0.514. The zero-order chi connectivity index (χ0) is 18.2. The maximum Gasteiger partial charge on any atom is 0.475 e. The van der Waals surface area contributed by atoms with E-state index in [1.54, 1.807) is 7.05 Å². The van der Waals surface area contributed by atoms with Gasteiger partial charge in [0, 0.05) is 13.2 Å². The van der Waals surface area contributed by atoms with Gasteiger partial charge in [0.05, 0.1) is 6.61 Å². The molecule has 1 aromatic heterocycles. The zero-order valence-electron chi connectivity index (χ0n) is 13.5. The molecule has 0 radical (unpaired) electrons. The van der Waals surface area contributed by atoms with Gasteiger partial charge in [0.15, 0.2) is 12.0 Å². The first-order chi connectivity index (χ1) is 11.8. The highest BCUT2D eigenvalue weighted by Crippen LogP contribution is 2.56. The molecule has 0 amide bonds. The van der Waals surface area contributed by atoms with Crippen LogP contribution in [0.1, 0.15) is 13.2 Å². The highest BCUT2D eigenvalue weighted by molar-refractivity contribution is 7.48. The van der Waals surface area contributed by atoms with Crippen LogP contribution in [0.25, 0.3) is 0 Å². The fraction of sp³-hybridized carbons (Fsp3) is 0.615. The first kappa shape index (κ1) is 18.2. The number of hydrogen-bond acceptors (Lipinski definition) is 10. The molecule has 1 aromatic rings. The molecule has 12 heteroatoms. The number of nitrogens with zero attached hydrogens (tertiary/aromatic N) is 2. The molecule has 0 saturated carbocycles. The summed E-state index contributed by atoms with van der Waals surface area (Å²) in [6, 6.07) is 1.54. The van der Waals surface area contributed by atoms with Gasteiger partial charge in [-0.3, -0.25) is 22.9 Å². The molecule has 2 aliphatic heterocycles. The van der Waals surface area contributed by atoms with Crippen molar-refractivity contribution in [2.24, 2.45) is 0 Å². The third kappa shape index (κ3) is 3.66. The van der Waals surface area contributed by atoms with E-state index in [4.69, 9.17) is 18.3 Å². The van der Waals surface area contributed by atoms with Crippen molar-refractivity contribution in [2.45, 2.75) is 31.5 Å². The number of carbonyl (C=O) groups excluding carboxylic acids is 1. The van der Waals surface area contributed by atoms with E-state index in [2.05, 4.69) is 10.3 Å². The molecule has 2 unspecified atom stereocenters. The Labute approximate surface area is 142 Å². The predicted octanol–water partition coefficient (Wildman–Crippen LogP) is -0.328. The average Bonchev–Trinajstić information content (AvgIpc) is 2.79. The lowest BCUT2D eigenvalue weighted by Gasteiger charge is -2.26. The Hall–Kier alpha value is -1.62. The summed E-state index contributed by atoms with van der Waals surface area (Å²) in [7, 11) is -2.47. The van der Waals surface area contributed by atoms with Crippen LogP contribution in [-0.2, 0) is 27.7 Å². The lowest BCUT2D eigenvalue weighted by molar-refractivity contribution is -0.120. The van der Waals surface area contributed by atoms with E-state index in [0.717, 1.165) is 4.57 Å². The topological polar surface area (TPSA) is 138 Å². The van der Waals surface area contributed by atoms with E-state index < -0.39 is 44.7 Å². The Kier molecular flexibility index (Phi) is 5.05. The maximum atomic E-state index is 12.6. The Morgan fingerprint density at radius 1 is 1.60 bits per heavy atom. The molecule has 3 rings (SSSR count). The highest BCUT2D eigenvalue weighted by Gasteiger charge is 2.53. The van der Waals surface area contributed by atoms with Crippen LogP contribution < -0.4 is 11.0 Å². The second-order valence-corrected chi connectivity index (χ2v) is 7.22. The summed E-state index contributed by atoms with van der Waals surface area (Å²) in [4.78, 5) is 27.0. The smallest absolute Gasteiger partial charge is 0.387 e. The van der Waals surface area contributed by atoms with E-state index >= 15 is 0 Å². The fourth-order valence-electron chi connectivity index (χ4n) is 2.52. The van der Waals surface area contributed by atoms with Crippen LogP contribution in [0.2, 0.25) is 0 Å². The molecular weight excluding hydrogens is 357 g/mol. The van der Waals surface area contributed by atoms with Crippen LogP contribution in [0, 0.1) is 0 Å². The van der Waals surface area contributed by atoms with Gasteiger partial charge in [0.1, 0.15) is 30.7 Å². The average molecular weight is 375 g/mol. The van der Waals surface area contributed by atoms with Crippen LogP contribution in [0.5, 0.6) is 0 Å². The molecule has 5 atom stereocenters. The number of Topliss-reactive ketones (excluding diaryl/α,β-unsaturated/α-hetero) is 1. The Bertz CT molecular complexity index is 768. The summed E-state index contributed by atoms with van der Waals surface area (Å²) in [5, 5.41) is 13.0. The summed E-state index contributed by atoms with van der Waals surface area (Å²) >= 11 is 0. The molecule has 11 nitrogen and oxygen atoms in total. The van der Waals surface area contributed by atoms with Gasteiger partial charge < -0.3 is 15.2 Å². The second-order valence-electron chi connectivity index (χ2n) is 5.60. The zero-order valence-corrected chi connectivity index (χ0v) is 14.4. The molecule has 3 heterocycles. The molecule has 2 bridgehead atoms. The van der Waals surface area contributed by atoms with E-state index in [9.17, 15) is 19.3 Å². The van der Waals surface area contributed by atoms with Gasteiger partial charge >= 0.3 is 13.5 Å². The van der Waals surface area contributed by atoms with Crippen molar-refractivity contribution in [3.05, 3.63) is 22.7 Å². The molecular formula is C13H18N3O8P. The first-order valence-electron chi connectivity index (χ1n) is 7.50. The van der Waals surface area contributed by atoms with Crippen molar-refractivity contribution < 1.29 is 32.8 Å². The number of fused-ring (bicyclic) bond motifs is 2. The molecule has 2 fully saturated rings. The number of ether oxygens (including phenoxy) is 1. The molecule has 0 aromatic carbocycles. The lowest BCUT2D eigenvalue weighted by Crippen LogP contribution is -2.36. The minimum absolute atomic E-state index is 0.278. The molecule has 138 valence electrons. The van der Waals surface area contributed by atoms with Crippen molar-refractivity contribution in [1.82, 2.24) is 9.55 Å². The quantitative estimate of drug-likeness (QED) is 0.658. The molecule has 25 heavy (non-hydrogen) atoms. The summed E-state index contributed by atoms with van der Waals surface area (Å²) < 4.78 is 34.6. The number of nitrogens with one attached hydrogen (secondary N) is 1. The molecule has 0 spiro atoms. The number of aliphatic hydroxyl groups is 1. The van der Waals surface area contributed by atoms with Crippen LogP contribution >= 0.6 is 7.82 Å². The van der Waals surface area contributed by atoms with Gasteiger partial charge in [-0.2, -0.15) is 4.98 Å². The van der Waals surface area contributed by atoms with Crippen molar-refractivity contribution >= 4 is 19.4 Å². The molecule has 0 aliphatic carbocycles. The number of aliphatic hydroxyl groups excluding tert-OH is 1. The third-order valence-electron chi connectivity index (χ3n) is 3.75. The third-order valence-corrected chi connectivity index (χ3v) is 5.16. The van der Waals surface area contributed by atoms with Crippen molar-refractivity contribution in [2.75, 3.05) is 25.6 Å². The number of hydrogen-bond donors (Lipinski definition) is 2. The van der Waals surface area contributed by atoms with Crippen LogP contribution in [0.3, 0.4) is 0 Å². The largest absolute Gasteiger partial charge is 0.475 e. The Morgan fingerprint density at radius 2 is 2.36 bits per heavy atom. The van der Waals surface area contributed by atoms with Crippen LogP contribution in [-0.4, -0.2) is 59.0 Å². The number of carbonyl (C=O) groups is 1. The Balaban J connectivity index is 1.87. The van der Waals surface area contributed by atoms with E-state index in [1.165, 1.54) is 19.2 Å². The van der Waals surface area contributed by atoms with Gasteiger partial charge in [-0.15, -0.1) is 0 Å². The first-order valence-corrected chi connectivity index (χ1v) is 8.96. The highest BCUT2D eigenvalue weighted by atomic mass is 31.2. The van der Waals surface area contributed by atoms with Crippen LogP contribution in [0.15, 0.2) is 17.1 Å². The van der Waals surface area contributed by atoms with Gasteiger partial charge in [-0.05, 0) is 13.0 Å². The van der Waals surface area contributed by atoms with E-state index in [-0.39, 0.29) is 12.4 Å². The summed E-state index contributed by atoms with van der Waals surface area (Å²) in [6.07, 6.45) is -2.91. The number of anilines is 1. The van der Waals surface area contributed by atoms with Gasteiger partial charge in [-0.25, -0.2) is 9.36 Å². The SMILES string of the molecule is CNc1ccn([C@@H]2O[C@@H]3COP(=O)(OCC(C)=O)OC2[C@H]3O)c(=O)n1. The van der Waals surface area contributed by atoms with Crippen molar-refractivity contribution in [3.8, 4) is 0 Å². The van der Waals surface area contributed by atoms with Crippen molar-refractivity contribution in [3.63, 3.8) is 0 Å². The number of phosphoric ester groups is 1. The number of ketones is 1. The standard InChI is InChI=1S/C13H18N3O8P/c1-7(17)5-21-25(20)22-6-8-10(18)11(24-25)12(23-8)16-4-3-9(14-2)15-13(16)19/h3-4,8,10-12,18H,5-6H2,1-2H3,(H,14,15,19)/t8-,10+,11?,12-,25?/m1/s1. The minimum atomic E-state index is -4.09. The maximum absolute atomic E-state index is 12.6. The lowest BCUT2D eigenvalue weighted by atomic mass is 10.1. The van der Waals surface area contributed by atoms with Crippen LogP contribution in [0.4, 0.5) is 5.82 Å². The molecule has 2 N–H and O–H groups in total. The van der Waals surface area contributed by atoms with Gasteiger partial charge in [0.2, 0.25) is 0 Å². The predicted molar refractivity (Wildman–Crippen MR) is 83.0 cm³/mol. The van der Waals surface area contributed by atoms with E-state index in [0.29, 0.717) is 5.82 Å². The normalized spacial score (nSPS) is 34.5.